The number of rotatable bonds is 5. The van der Waals surface area contributed by atoms with E-state index in [1.54, 1.807) is 0 Å². The Morgan fingerprint density at radius 2 is 2.24 bits per heavy atom. The predicted molar refractivity (Wildman–Crippen MR) is 86.7 cm³/mol. The molecule has 1 aromatic rings. The second-order valence-corrected chi connectivity index (χ2v) is 6.68. The van der Waals surface area contributed by atoms with Gasteiger partial charge in [-0.15, -0.1) is 0 Å². The quantitative estimate of drug-likeness (QED) is 0.879. The van der Waals surface area contributed by atoms with Gasteiger partial charge in [0.1, 0.15) is 18.5 Å². The molecule has 2 rings (SSSR count). The van der Waals surface area contributed by atoms with E-state index >= 15 is 0 Å². The molecule has 1 saturated heterocycles. The lowest BCUT2D eigenvalue weighted by Gasteiger charge is -2.35. The van der Waals surface area contributed by atoms with Gasteiger partial charge in [0.25, 0.3) is 0 Å². The number of hydrogen-bond acceptors (Lipinski definition) is 4. The summed E-state index contributed by atoms with van der Waals surface area (Å²) in [6, 6.07) is 4.42. The van der Waals surface area contributed by atoms with Crippen LogP contribution in [0.15, 0.2) is 16.6 Å². The van der Waals surface area contributed by atoms with Crippen LogP contribution in [0.5, 0.6) is 5.75 Å². The summed E-state index contributed by atoms with van der Waals surface area (Å²) in [6.07, 6.45) is 0.0794. The van der Waals surface area contributed by atoms with Crippen molar-refractivity contribution in [3.8, 4) is 5.75 Å². The molecule has 1 fully saturated rings. The molecule has 118 valence electrons. The van der Waals surface area contributed by atoms with Crippen LogP contribution in [-0.4, -0.2) is 48.5 Å². The zero-order valence-electron chi connectivity index (χ0n) is 12.9. The Morgan fingerprint density at radius 1 is 1.48 bits per heavy atom. The molecule has 1 aliphatic rings. The third-order valence-electron chi connectivity index (χ3n) is 3.80. The molecule has 1 heterocycles. The van der Waals surface area contributed by atoms with E-state index < -0.39 is 0 Å². The van der Waals surface area contributed by atoms with Crippen LogP contribution >= 0.6 is 15.9 Å². The summed E-state index contributed by atoms with van der Waals surface area (Å²) >= 11 is 3.44. The molecule has 0 bridgehead atoms. The number of halogens is 1. The molecule has 0 saturated carbocycles. The molecule has 21 heavy (non-hydrogen) atoms. The molecule has 0 amide bonds. The molecule has 4 nitrogen and oxygen atoms in total. The lowest BCUT2D eigenvalue weighted by Crippen LogP contribution is -2.47. The summed E-state index contributed by atoms with van der Waals surface area (Å²) < 4.78 is 12.7. The van der Waals surface area contributed by atoms with Gasteiger partial charge in [0.15, 0.2) is 0 Å². The van der Waals surface area contributed by atoms with Crippen molar-refractivity contribution in [2.45, 2.75) is 39.5 Å². The summed E-state index contributed by atoms with van der Waals surface area (Å²) in [5.41, 5.74) is 1.82. The van der Waals surface area contributed by atoms with Crippen LogP contribution < -0.4 is 4.74 Å². The number of benzene rings is 1. The maximum absolute atomic E-state index is 9.48. The number of nitrogens with zero attached hydrogens (tertiary/aromatic N) is 1. The fraction of sp³-hybridized carbons (Fsp3) is 0.625. The SMILES string of the molecule is Cc1cc(Br)cc(CO)c1OCC1CN(C(C)C)CCO1. The lowest BCUT2D eigenvalue weighted by molar-refractivity contribution is -0.0567. The highest BCUT2D eigenvalue weighted by Gasteiger charge is 2.23. The van der Waals surface area contributed by atoms with Gasteiger partial charge in [-0.1, -0.05) is 15.9 Å². The van der Waals surface area contributed by atoms with E-state index in [9.17, 15) is 5.11 Å². The van der Waals surface area contributed by atoms with E-state index in [1.807, 2.05) is 19.1 Å². The Hall–Kier alpha value is -0.620. The zero-order valence-corrected chi connectivity index (χ0v) is 14.5. The molecule has 1 atom stereocenters. The maximum atomic E-state index is 9.48. The number of aliphatic hydroxyl groups is 1. The molecular formula is C16H24BrNO3. The summed E-state index contributed by atoms with van der Waals surface area (Å²) in [4.78, 5) is 2.40. The van der Waals surface area contributed by atoms with Crippen molar-refractivity contribution in [2.75, 3.05) is 26.3 Å². The number of hydrogen-bond donors (Lipinski definition) is 1. The normalized spacial score (nSPS) is 20.0. The van der Waals surface area contributed by atoms with Crippen LogP contribution in [0.1, 0.15) is 25.0 Å². The van der Waals surface area contributed by atoms with Gasteiger partial charge in [-0.3, -0.25) is 4.90 Å². The maximum Gasteiger partial charge on any atom is 0.127 e. The highest BCUT2D eigenvalue weighted by Crippen LogP contribution is 2.28. The number of aryl methyl sites for hydroxylation is 1. The van der Waals surface area contributed by atoms with Gasteiger partial charge >= 0.3 is 0 Å². The molecule has 1 aliphatic heterocycles. The molecule has 0 spiro atoms. The number of morpholine rings is 1. The first kappa shape index (κ1) is 16.7. The molecule has 0 aromatic heterocycles. The van der Waals surface area contributed by atoms with Crippen LogP contribution in [0, 0.1) is 6.92 Å². The van der Waals surface area contributed by atoms with E-state index in [4.69, 9.17) is 9.47 Å². The average Bonchev–Trinajstić information content (AvgIpc) is 2.45. The second-order valence-electron chi connectivity index (χ2n) is 5.76. The first-order valence-corrected chi connectivity index (χ1v) is 8.19. The molecule has 0 radical (unpaired) electrons. The predicted octanol–water partition coefficient (Wildman–Crippen LogP) is 2.74. The Bertz CT molecular complexity index is 479. The summed E-state index contributed by atoms with van der Waals surface area (Å²) in [5, 5.41) is 9.48. The van der Waals surface area contributed by atoms with Gasteiger partial charge in [0.05, 0.1) is 13.2 Å². The van der Waals surface area contributed by atoms with Gasteiger partial charge in [0, 0.05) is 29.2 Å². The fourth-order valence-corrected chi connectivity index (χ4v) is 3.23. The van der Waals surface area contributed by atoms with Crippen molar-refractivity contribution >= 4 is 15.9 Å². The molecule has 1 N–H and O–H groups in total. The highest BCUT2D eigenvalue weighted by molar-refractivity contribution is 9.10. The first-order valence-electron chi connectivity index (χ1n) is 7.39. The minimum Gasteiger partial charge on any atom is -0.490 e. The third kappa shape index (κ3) is 4.42. The van der Waals surface area contributed by atoms with Crippen molar-refractivity contribution < 1.29 is 14.6 Å². The van der Waals surface area contributed by atoms with E-state index in [0.717, 1.165) is 41.0 Å². The van der Waals surface area contributed by atoms with Crippen LogP contribution in [-0.2, 0) is 11.3 Å². The molecular weight excluding hydrogens is 334 g/mol. The van der Waals surface area contributed by atoms with Crippen LogP contribution in [0.4, 0.5) is 0 Å². The summed E-state index contributed by atoms with van der Waals surface area (Å²) in [7, 11) is 0. The Balaban J connectivity index is 2.00. The minimum absolute atomic E-state index is 0.0285. The van der Waals surface area contributed by atoms with Crippen molar-refractivity contribution in [1.82, 2.24) is 4.90 Å². The van der Waals surface area contributed by atoms with Gasteiger partial charge < -0.3 is 14.6 Å². The molecule has 0 aliphatic carbocycles. The van der Waals surface area contributed by atoms with Crippen molar-refractivity contribution in [3.05, 3.63) is 27.7 Å². The Morgan fingerprint density at radius 3 is 2.90 bits per heavy atom. The average molecular weight is 358 g/mol. The molecule has 1 aromatic carbocycles. The van der Waals surface area contributed by atoms with Gasteiger partial charge in [-0.2, -0.15) is 0 Å². The number of ether oxygens (including phenoxy) is 2. The minimum atomic E-state index is -0.0285. The smallest absolute Gasteiger partial charge is 0.127 e. The van der Waals surface area contributed by atoms with Crippen LogP contribution in [0.3, 0.4) is 0 Å². The zero-order chi connectivity index (χ0) is 15.4. The highest BCUT2D eigenvalue weighted by atomic mass is 79.9. The molecule has 5 heteroatoms. The van der Waals surface area contributed by atoms with Crippen molar-refractivity contribution in [1.29, 1.82) is 0 Å². The topological polar surface area (TPSA) is 41.9 Å². The lowest BCUT2D eigenvalue weighted by atomic mass is 10.1. The van der Waals surface area contributed by atoms with E-state index in [1.165, 1.54) is 0 Å². The fourth-order valence-electron chi connectivity index (χ4n) is 2.61. The Kier molecular flexibility index (Phi) is 6.05. The van der Waals surface area contributed by atoms with Crippen molar-refractivity contribution in [2.24, 2.45) is 0 Å². The third-order valence-corrected chi connectivity index (χ3v) is 4.26. The van der Waals surface area contributed by atoms with E-state index in [0.29, 0.717) is 12.6 Å². The van der Waals surface area contributed by atoms with E-state index in [2.05, 4.69) is 34.7 Å². The van der Waals surface area contributed by atoms with Gasteiger partial charge in [-0.05, 0) is 38.5 Å². The summed E-state index contributed by atoms with van der Waals surface area (Å²) in [6.45, 7) is 9.49. The summed E-state index contributed by atoms with van der Waals surface area (Å²) in [5.74, 6) is 0.769. The van der Waals surface area contributed by atoms with Crippen molar-refractivity contribution in [3.63, 3.8) is 0 Å². The largest absolute Gasteiger partial charge is 0.490 e. The second kappa shape index (κ2) is 7.58. The van der Waals surface area contributed by atoms with E-state index in [-0.39, 0.29) is 12.7 Å². The molecule has 1 unspecified atom stereocenters. The monoisotopic (exact) mass is 357 g/mol. The standard InChI is InChI=1S/C16H24BrNO3/c1-11(2)18-4-5-20-15(8-18)10-21-16-12(3)6-14(17)7-13(16)9-19/h6-7,11,15,19H,4-5,8-10H2,1-3H3. The van der Waals surface area contributed by atoms with Crippen LogP contribution in [0.2, 0.25) is 0 Å². The Labute approximate surface area is 135 Å². The van der Waals surface area contributed by atoms with Gasteiger partial charge in [0.2, 0.25) is 0 Å². The van der Waals surface area contributed by atoms with Crippen LogP contribution in [0.25, 0.3) is 0 Å². The first-order chi connectivity index (χ1) is 10.0. The number of aliphatic hydroxyl groups excluding tert-OH is 1. The van der Waals surface area contributed by atoms with Gasteiger partial charge in [-0.25, -0.2) is 0 Å².